The van der Waals surface area contributed by atoms with E-state index in [4.69, 9.17) is 4.74 Å². The minimum absolute atomic E-state index is 0.222. The van der Waals surface area contributed by atoms with Crippen molar-refractivity contribution in [3.05, 3.63) is 59.2 Å². The molecule has 2 aromatic rings. The van der Waals surface area contributed by atoms with Crippen molar-refractivity contribution in [2.75, 3.05) is 20.2 Å². The van der Waals surface area contributed by atoms with Crippen molar-refractivity contribution in [3.63, 3.8) is 0 Å². The van der Waals surface area contributed by atoms with Crippen molar-refractivity contribution in [2.45, 2.75) is 37.6 Å². The van der Waals surface area contributed by atoms with Gasteiger partial charge in [0.05, 0.1) is 18.0 Å². The van der Waals surface area contributed by atoms with Gasteiger partial charge in [-0.3, -0.25) is 4.79 Å². The third-order valence-electron chi connectivity index (χ3n) is 5.02. The molecule has 0 bridgehead atoms. The van der Waals surface area contributed by atoms with E-state index in [0.717, 1.165) is 24.0 Å². The lowest BCUT2D eigenvalue weighted by Crippen LogP contribution is -2.28. The number of aryl methyl sites for hydroxylation is 1. The molecule has 1 N–H and O–H groups in total. The molecule has 0 radical (unpaired) electrons. The average molecular weight is 403 g/mol. The lowest BCUT2D eigenvalue weighted by Gasteiger charge is -2.18. The Balaban J connectivity index is 1.74. The number of methoxy groups -OCH3 is 1. The highest BCUT2D eigenvalue weighted by atomic mass is 32.2. The lowest BCUT2D eigenvalue weighted by molar-refractivity contribution is 0.0939. The number of carbonyl (C=O) groups is 1. The summed E-state index contributed by atoms with van der Waals surface area (Å²) in [6.07, 6.45) is 1.78. The van der Waals surface area contributed by atoms with Crippen molar-refractivity contribution in [3.8, 4) is 5.75 Å². The van der Waals surface area contributed by atoms with Crippen LogP contribution in [0.25, 0.3) is 0 Å². The fourth-order valence-corrected chi connectivity index (χ4v) is 4.92. The largest absolute Gasteiger partial charge is 0.496 e. The zero-order valence-corrected chi connectivity index (χ0v) is 17.3. The minimum Gasteiger partial charge on any atom is -0.496 e. The number of amides is 1. The van der Waals surface area contributed by atoms with Crippen LogP contribution in [0.3, 0.4) is 0 Å². The second-order valence-corrected chi connectivity index (χ2v) is 9.01. The number of benzene rings is 2. The van der Waals surface area contributed by atoms with Crippen LogP contribution in [-0.2, 0) is 10.0 Å². The highest BCUT2D eigenvalue weighted by Crippen LogP contribution is 2.26. The van der Waals surface area contributed by atoms with Crippen LogP contribution in [0.15, 0.2) is 47.4 Å². The van der Waals surface area contributed by atoms with Crippen LogP contribution in [-0.4, -0.2) is 38.8 Å². The van der Waals surface area contributed by atoms with Crippen LogP contribution in [0, 0.1) is 6.92 Å². The standard InChI is InChI=1S/C21H26N2O4S/c1-15-6-11-20(27-3)19(14-15)16(2)22-21(24)17-7-9-18(10-8-17)28(25,26)23-12-4-5-13-23/h6-11,14,16H,4-5,12-13H2,1-3H3,(H,22,24)/t16-/m0/s1. The first-order valence-corrected chi connectivity index (χ1v) is 10.8. The van der Waals surface area contributed by atoms with Crippen LogP contribution in [0.4, 0.5) is 0 Å². The molecule has 1 fully saturated rings. The number of rotatable bonds is 6. The molecule has 7 heteroatoms. The molecule has 28 heavy (non-hydrogen) atoms. The maximum Gasteiger partial charge on any atom is 0.251 e. The van der Waals surface area contributed by atoms with Gasteiger partial charge in [-0.1, -0.05) is 17.7 Å². The predicted molar refractivity (Wildman–Crippen MR) is 108 cm³/mol. The van der Waals surface area contributed by atoms with E-state index in [1.807, 2.05) is 32.0 Å². The second kappa shape index (κ2) is 8.32. The normalized spacial score (nSPS) is 16.0. The monoisotopic (exact) mass is 402 g/mol. The molecule has 1 aliphatic rings. The van der Waals surface area contributed by atoms with Gasteiger partial charge < -0.3 is 10.1 Å². The first-order valence-electron chi connectivity index (χ1n) is 9.38. The number of nitrogens with one attached hydrogen (secondary N) is 1. The third-order valence-corrected chi connectivity index (χ3v) is 6.93. The van der Waals surface area contributed by atoms with Gasteiger partial charge in [0.2, 0.25) is 10.0 Å². The summed E-state index contributed by atoms with van der Waals surface area (Å²) in [5.74, 6) is 0.451. The van der Waals surface area contributed by atoms with Gasteiger partial charge in [-0.25, -0.2) is 8.42 Å². The first-order chi connectivity index (χ1) is 13.3. The Bertz CT molecular complexity index is 949. The Kier molecular flexibility index (Phi) is 6.05. The van der Waals surface area contributed by atoms with E-state index < -0.39 is 10.0 Å². The summed E-state index contributed by atoms with van der Waals surface area (Å²) in [4.78, 5) is 12.8. The van der Waals surface area contributed by atoms with E-state index in [1.165, 1.54) is 16.4 Å². The molecule has 0 aliphatic carbocycles. The van der Waals surface area contributed by atoms with E-state index in [0.29, 0.717) is 24.4 Å². The summed E-state index contributed by atoms with van der Waals surface area (Å²) in [6, 6.07) is 11.7. The van der Waals surface area contributed by atoms with Gasteiger partial charge in [-0.2, -0.15) is 4.31 Å². The average Bonchev–Trinajstić information content (AvgIpc) is 3.23. The van der Waals surface area contributed by atoms with E-state index in [9.17, 15) is 13.2 Å². The summed E-state index contributed by atoms with van der Waals surface area (Å²) < 4.78 is 32.1. The topological polar surface area (TPSA) is 75.7 Å². The van der Waals surface area contributed by atoms with Crippen molar-refractivity contribution in [2.24, 2.45) is 0 Å². The van der Waals surface area contributed by atoms with Crippen LogP contribution in [0.2, 0.25) is 0 Å². The first kappa shape index (κ1) is 20.4. The molecule has 1 atom stereocenters. The number of sulfonamides is 1. The SMILES string of the molecule is COc1ccc(C)cc1[C@H](C)NC(=O)c1ccc(S(=O)(=O)N2CCCC2)cc1. The molecule has 0 spiro atoms. The fourth-order valence-electron chi connectivity index (χ4n) is 3.41. The molecule has 1 amide bonds. The maximum absolute atomic E-state index is 12.6. The molecule has 0 aromatic heterocycles. The fraction of sp³-hybridized carbons (Fsp3) is 0.381. The molecule has 1 saturated heterocycles. The van der Waals surface area contributed by atoms with Gasteiger partial charge >= 0.3 is 0 Å². The van der Waals surface area contributed by atoms with Gasteiger partial charge in [-0.15, -0.1) is 0 Å². The van der Waals surface area contributed by atoms with Gasteiger partial charge in [0.15, 0.2) is 0 Å². The quantitative estimate of drug-likeness (QED) is 0.805. The Morgan fingerprint density at radius 2 is 1.75 bits per heavy atom. The maximum atomic E-state index is 12.6. The minimum atomic E-state index is -3.48. The Morgan fingerprint density at radius 3 is 2.36 bits per heavy atom. The zero-order chi connectivity index (χ0) is 20.3. The molecular formula is C21H26N2O4S. The van der Waals surface area contributed by atoms with Gasteiger partial charge in [0, 0.05) is 24.2 Å². The highest BCUT2D eigenvalue weighted by molar-refractivity contribution is 7.89. The van der Waals surface area contributed by atoms with E-state index in [2.05, 4.69) is 5.32 Å². The molecule has 0 unspecified atom stereocenters. The van der Waals surface area contributed by atoms with Crippen LogP contribution >= 0.6 is 0 Å². The number of ether oxygens (including phenoxy) is 1. The number of carbonyl (C=O) groups excluding carboxylic acids is 1. The zero-order valence-electron chi connectivity index (χ0n) is 16.4. The number of nitrogens with zero attached hydrogens (tertiary/aromatic N) is 1. The summed E-state index contributed by atoms with van der Waals surface area (Å²) >= 11 is 0. The Morgan fingerprint density at radius 1 is 1.11 bits per heavy atom. The van der Waals surface area contributed by atoms with E-state index in [1.54, 1.807) is 19.2 Å². The Labute approximate surface area is 166 Å². The van der Waals surface area contributed by atoms with Gasteiger partial charge in [0.25, 0.3) is 5.91 Å². The molecule has 1 heterocycles. The van der Waals surface area contributed by atoms with Gasteiger partial charge in [0.1, 0.15) is 5.75 Å². The van der Waals surface area contributed by atoms with Crippen LogP contribution in [0.5, 0.6) is 5.75 Å². The van der Waals surface area contributed by atoms with E-state index in [-0.39, 0.29) is 16.8 Å². The third kappa shape index (κ3) is 4.20. The van der Waals surface area contributed by atoms with E-state index >= 15 is 0 Å². The summed E-state index contributed by atoms with van der Waals surface area (Å²) in [7, 11) is -1.88. The van der Waals surface area contributed by atoms with Crippen LogP contribution in [0.1, 0.15) is 47.3 Å². The lowest BCUT2D eigenvalue weighted by atomic mass is 10.0. The summed E-state index contributed by atoms with van der Waals surface area (Å²) in [5, 5.41) is 2.95. The molecule has 1 aliphatic heterocycles. The molecule has 2 aromatic carbocycles. The molecular weight excluding hydrogens is 376 g/mol. The van der Waals surface area contributed by atoms with Crippen molar-refractivity contribution in [1.29, 1.82) is 0 Å². The number of hydrogen-bond acceptors (Lipinski definition) is 4. The van der Waals surface area contributed by atoms with Crippen molar-refractivity contribution in [1.82, 2.24) is 9.62 Å². The summed E-state index contributed by atoms with van der Waals surface area (Å²) in [5.41, 5.74) is 2.39. The molecule has 150 valence electrons. The molecule has 0 saturated carbocycles. The Hall–Kier alpha value is -2.38. The smallest absolute Gasteiger partial charge is 0.251 e. The molecule has 6 nitrogen and oxygen atoms in total. The van der Waals surface area contributed by atoms with Crippen LogP contribution < -0.4 is 10.1 Å². The predicted octanol–water partition coefficient (Wildman–Crippen LogP) is 3.28. The second-order valence-electron chi connectivity index (χ2n) is 7.08. The highest BCUT2D eigenvalue weighted by Gasteiger charge is 2.27. The number of hydrogen-bond donors (Lipinski definition) is 1. The van der Waals surface area contributed by atoms with Crippen molar-refractivity contribution >= 4 is 15.9 Å². The summed E-state index contributed by atoms with van der Waals surface area (Å²) in [6.45, 7) is 4.99. The molecule has 3 rings (SSSR count). The van der Waals surface area contributed by atoms with Crippen molar-refractivity contribution < 1.29 is 17.9 Å². The van der Waals surface area contributed by atoms with Gasteiger partial charge in [-0.05, 0) is 57.0 Å².